The van der Waals surface area contributed by atoms with Gasteiger partial charge in [0.25, 0.3) is 10.0 Å². The highest BCUT2D eigenvalue weighted by Gasteiger charge is 2.37. The number of nitrogens with zero attached hydrogens (tertiary/aromatic N) is 3. The van der Waals surface area contributed by atoms with E-state index < -0.39 is 21.9 Å². The van der Waals surface area contributed by atoms with E-state index in [0.717, 1.165) is 0 Å². The summed E-state index contributed by atoms with van der Waals surface area (Å²) in [5.74, 6) is -0.707. The summed E-state index contributed by atoms with van der Waals surface area (Å²) in [5.41, 5.74) is 0. The summed E-state index contributed by atoms with van der Waals surface area (Å²) >= 11 is 0. The van der Waals surface area contributed by atoms with Crippen molar-refractivity contribution >= 4 is 16.0 Å². The Balaban J connectivity index is 2.25. The summed E-state index contributed by atoms with van der Waals surface area (Å²) in [6, 6.07) is -0.336. The van der Waals surface area contributed by atoms with Gasteiger partial charge in [-0.15, -0.1) is 0 Å². The maximum atomic E-state index is 12.5. The first kappa shape index (κ1) is 15.0. The second-order valence-electron chi connectivity index (χ2n) is 5.26. The fraction of sp³-hybridized carbons (Fsp3) is 0.667. The molecular formula is C12H19N3O4S. The molecule has 1 aliphatic heterocycles. The van der Waals surface area contributed by atoms with Crippen molar-refractivity contribution in [3.8, 4) is 0 Å². The first-order valence-electron chi connectivity index (χ1n) is 6.48. The third-order valence-electron chi connectivity index (χ3n) is 3.82. The van der Waals surface area contributed by atoms with Crippen molar-refractivity contribution in [1.82, 2.24) is 13.9 Å². The van der Waals surface area contributed by atoms with Crippen LogP contribution in [0.1, 0.15) is 25.6 Å². The molecule has 1 aromatic heterocycles. The minimum Gasteiger partial charge on any atom is -0.481 e. The quantitative estimate of drug-likeness (QED) is 0.882. The molecule has 2 heterocycles. The minimum atomic E-state index is -3.65. The zero-order chi connectivity index (χ0) is 15.1. The Morgan fingerprint density at radius 1 is 1.50 bits per heavy atom. The number of rotatable bonds is 3. The van der Waals surface area contributed by atoms with Crippen LogP contribution in [-0.4, -0.2) is 45.9 Å². The molecule has 0 bridgehead atoms. The molecule has 8 heteroatoms. The molecule has 0 spiro atoms. The van der Waals surface area contributed by atoms with E-state index in [1.807, 2.05) is 0 Å². The van der Waals surface area contributed by atoms with Crippen LogP contribution in [0.15, 0.2) is 11.2 Å². The normalized spacial score (nSPS) is 24.8. The van der Waals surface area contributed by atoms with E-state index in [2.05, 4.69) is 4.98 Å². The number of piperidine rings is 1. The van der Waals surface area contributed by atoms with Crippen molar-refractivity contribution in [3.63, 3.8) is 0 Å². The van der Waals surface area contributed by atoms with Crippen molar-refractivity contribution in [1.29, 1.82) is 0 Å². The number of sulfonamides is 1. The average Bonchev–Trinajstić information content (AvgIpc) is 2.69. The standard InChI is InChI=1S/C12H19N3O4S/c1-8-6-10(12(16)17)4-5-15(8)20(18,19)11-7-14(3)9(2)13-11/h7-8,10H,4-6H2,1-3H3,(H,16,17). The topological polar surface area (TPSA) is 92.5 Å². The van der Waals surface area contributed by atoms with Crippen molar-refractivity contribution in [3.05, 3.63) is 12.0 Å². The van der Waals surface area contributed by atoms with Gasteiger partial charge in [0.15, 0.2) is 5.03 Å². The van der Waals surface area contributed by atoms with Gasteiger partial charge >= 0.3 is 5.97 Å². The number of aryl methyl sites for hydroxylation is 2. The van der Waals surface area contributed by atoms with Crippen LogP contribution in [0.2, 0.25) is 0 Å². The van der Waals surface area contributed by atoms with Gasteiger partial charge < -0.3 is 9.67 Å². The van der Waals surface area contributed by atoms with Gasteiger partial charge in [-0.3, -0.25) is 4.79 Å². The van der Waals surface area contributed by atoms with Crippen LogP contribution in [0, 0.1) is 12.8 Å². The maximum Gasteiger partial charge on any atom is 0.306 e. The molecule has 0 amide bonds. The lowest BCUT2D eigenvalue weighted by atomic mass is 9.93. The van der Waals surface area contributed by atoms with Crippen LogP contribution in [0.3, 0.4) is 0 Å². The lowest BCUT2D eigenvalue weighted by Gasteiger charge is -2.34. The first-order valence-corrected chi connectivity index (χ1v) is 7.92. The summed E-state index contributed by atoms with van der Waals surface area (Å²) in [7, 11) is -1.92. The highest BCUT2D eigenvalue weighted by atomic mass is 32.2. The number of carboxylic acids is 1. The molecule has 1 saturated heterocycles. The monoisotopic (exact) mass is 301 g/mol. The molecule has 7 nitrogen and oxygen atoms in total. The van der Waals surface area contributed by atoms with Crippen LogP contribution >= 0.6 is 0 Å². The highest BCUT2D eigenvalue weighted by molar-refractivity contribution is 7.89. The lowest BCUT2D eigenvalue weighted by Crippen LogP contribution is -2.46. The fourth-order valence-corrected chi connectivity index (χ4v) is 4.19. The number of hydrogen-bond acceptors (Lipinski definition) is 4. The zero-order valence-corrected chi connectivity index (χ0v) is 12.6. The number of carbonyl (C=O) groups is 1. The van der Waals surface area contributed by atoms with Crippen molar-refractivity contribution in [2.75, 3.05) is 6.54 Å². The van der Waals surface area contributed by atoms with Crippen LogP contribution in [0.5, 0.6) is 0 Å². The van der Waals surface area contributed by atoms with E-state index in [1.54, 1.807) is 25.5 Å². The largest absolute Gasteiger partial charge is 0.481 e. The molecule has 0 saturated carbocycles. The minimum absolute atomic E-state index is 0.0260. The van der Waals surface area contributed by atoms with Gasteiger partial charge in [0, 0.05) is 25.8 Å². The van der Waals surface area contributed by atoms with Crippen molar-refractivity contribution < 1.29 is 18.3 Å². The number of aliphatic carboxylic acids is 1. The summed E-state index contributed by atoms with van der Waals surface area (Å²) < 4.78 is 28.1. The molecule has 2 rings (SSSR count). The van der Waals surface area contributed by atoms with E-state index in [9.17, 15) is 13.2 Å². The molecule has 112 valence electrons. The van der Waals surface area contributed by atoms with Crippen LogP contribution in [0.4, 0.5) is 0 Å². The third-order valence-corrected chi connectivity index (χ3v) is 5.71. The van der Waals surface area contributed by atoms with E-state index in [1.165, 1.54) is 10.5 Å². The molecule has 0 aliphatic carbocycles. The number of hydrogen-bond donors (Lipinski definition) is 1. The zero-order valence-electron chi connectivity index (χ0n) is 11.8. The van der Waals surface area contributed by atoms with Gasteiger partial charge in [0.05, 0.1) is 5.92 Å². The van der Waals surface area contributed by atoms with E-state index in [0.29, 0.717) is 18.7 Å². The number of carboxylic acid groups (broad SMARTS) is 1. The third kappa shape index (κ3) is 2.57. The summed E-state index contributed by atoms with van der Waals surface area (Å²) in [6.45, 7) is 3.69. The average molecular weight is 301 g/mol. The van der Waals surface area contributed by atoms with E-state index in [4.69, 9.17) is 5.11 Å². The molecule has 2 unspecified atom stereocenters. The van der Waals surface area contributed by atoms with Gasteiger partial charge in [0.1, 0.15) is 5.82 Å². The summed E-state index contributed by atoms with van der Waals surface area (Å²) in [6.07, 6.45) is 2.16. The molecule has 2 atom stereocenters. The lowest BCUT2D eigenvalue weighted by molar-refractivity contribution is -0.143. The Labute approximate surface area is 118 Å². The number of imidazole rings is 1. The molecule has 0 aromatic carbocycles. The molecular weight excluding hydrogens is 282 g/mol. The smallest absolute Gasteiger partial charge is 0.306 e. The maximum absolute atomic E-state index is 12.5. The first-order chi connectivity index (χ1) is 9.23. The van der Waals surface area contributed by atoms with Gasteiger partial charge in [-0.2, -0.15) is 4.31 Å². The van der Waals surface area contributed by atoms with Gasteiger partial charge in [0.2, 0.25) is 0 Å². The van der Waals surface area contributed by atoms with Crippen LogP contribution in [0.25, 0.3) is 0 Å². The van der Waals surface area contributed by atoms with E-state index in [-0.39, 0.29) is 17.6 Å². The Morgan fingerprint density at radius 2 is 2.15 bits per heavy atom. The fourth-order valence-electron chi connectivity index (χ4n) is 2.50. The second-order valence-corrected chi connectivity index (χ2v) is 7.10. The molecule has 1 fully saturated rings. The second kappa shape index (κ2) is 5.17. The Kier molecular flexibility index (Phi) is 3.88. The molecule has 20 heavy (non-hydrogen) atoms. The van der Waals surface area contributed by atoms with Gasteiger partial charge in [-0.25, -0.2) is 13.4 Å². The number of aromatic nitrogens is 2. The molecule has 1 N–H and O–H groups in total. The SMILES string of the molecule is Cc1nc(S(=O)(=O)N2CCC(C(=O)O)CC2C)cn1C. The Bertz CT molecular complexity index is 603. The summed E-state index contributed by atoms with van der Waals surface area (Å²) in [4.78, 5) is 15.1. The highest BCUT2D eigenvalue weighted by Crippen LogP contribution is 2.28. The Hall–Kier alpha value is -1.41. The van der Waals surface area contributed by atoms with Gasteiger partial charge in [-0.05, 0) is 26.7 Å². The van der Waals surface area contributed by atoms with Crippen molar-refractivity contribution in [2.45, 2.75) is 37.8 Å². The molecule has 1 aromatic rings. The summed E-state index contributed by atoms with van der Waals surface area (Å²) in [5, 5.41) is 9.04. The molecule has 0 radical (unpaired) electrons. The predicted octanol–water partition coefficient (Wildman–Crippen LogP) is 0.602. The van der Waals surface area contributed by atoms with Crippen LogP contribution in [-0.2, 0) is 21.9 Å². The Morgan fingerprint density at radius 3 is 2.60 bits per heavy atom. The van der Waals surface area contributed by atoms with E-state index >= 15 is 0 Å². The van der Waals surface area contributed by atoms with Crippen molar-refractivity contribution in [2.24, 2.45) is 13.0 Å². The predicted molar refractivity (Wildman–Crippen MR) is 71.7 cm³/mol. The van der Waals surface area contributed by atoms with Crippen LogP contribution < -0.4 is 0 Å². The van der Waals surface area contributed by atoms with Gasteiger partial charge in [-0.1, -0.05) is 0 Å². The molecule has 1 aliphatic rings.